The van der Waals surface area contributed by atoms with E-state index in [0.29, 0.717) is 12.2 Å². The number of hydrogen-bond acceptors (Lipinski definition) is 3. The third-order valence-corrected chi connectivity index (χ3v) is 2.29. The first-order chi connectivity index (χ1) is 6.72. The van der Waals surface area contributed by atoms with Crippen LogP contribution in [0.4, 0.5) is 5.69 Å². The normalized spacial score (nSPS) is 9.62. The Labute approximate surface area is 106 Å². The molecule has 0 unspecified atom stereocenters. The van der Waals surface area contributed by atoms with Crippen LogP contribution in [0.3, 0.4) is 0 Å². The van der Waals surface area contributed by atoms with Crippen molar-refractivity contribution in [1.82, 2.24) is 9.55 Å². The van der Waals surface area contributed by atoms with E-state index in [1.165, 1.54) is 0 Å². The van der Waals surface area contributed by atoms with Crippen LogP contribution >= 0.6 is 24.8 Å². The van der Waals surface area contributed by atoms with Crippen LogP contribution < -0.4 is 5.73 Å². The Morgan fingerprint density at radius 3 is 2.69 bits per heavy atom. The monoisotopic (exact) mass is 263 g/mol. The summed E-state index contributed by atoms with van der Waals surface area (Å²) in [5.74, 6) is 0.902. The third kappa shape index (κ3) is 2.58. The average Bonchev–Trinajstić information content (AvgIpc) is 2.43. The molecule has 3 N–H and O–H groups in total. The minimum Gasteiger partial charge on any atom is -0.399 e. The summed E-state index contributed by atoms with van der Waals surface area (Å²) >= 11 is 0. The molecule has 0 aliphatic carbocycles. The highest BCUT2D eigenvalue weighted by Crippen LogP contribution is 2.18. The van der Waals surface area contributed by atoms with Gasteiger partial charge < -0.3 is 15.4 Å². The van der Waals surface area contributed by atoms with E-state index in [-0.39, 0.29) is 31.4 Å². The van der Waals surface area contributed by atoms with Crippen LogP contribution in [0.15, 0.2) is 18.2 Å². The summed E-state index contributed by atoms with van der Waals surface area (Å²) in [5, 5.41) is 8.90. The fourth-order valence-electron chi connectivity index (χ4n) is 1.65. The number of halogens is 2. The Morgan fingerprint density at radius 1 is 1.38 bits per heavy atom. The zero-order valence-electron chi connectivity index (χ0n) is 8.88. The molecule has 1 aromatic carbocycles. The molecule has 4 nitrogen and oxygen atoms in total. The molecule has 0 bridgehead atoms. The van der Waals surface area contributed by atoms with Gasteiger partial charge in [-0.25, -0.2) is 4.98 Å². The molecule has 1 aromatic heterocycles. The first-order valence-electron chi connectivity index (χ1n) is 4.55. The van der Waals surface area contributed by atoms with E-state index in [4.69, 9.17) is 10.8 Å². The second-order valence-corrected chi connectivity index (χ2v) is 3.28. The van der Waals surface area contributed by atoms with Gasteiger partial charge in [-0.15, -0.1) is 24.8 Å². The molecule has 0 saturated heterocycles. The Kier molecular flexibility index (Phi) is 5.58. The highest BCUT2D eigenvalue weighted by molar-refractivity contribution is 5.85. The zero-order valence-corrected chi connectivity index (χ0v) is 10.5. The highest BCUT2D eigenvalue weighted by atomic mass is 35.5. The molecule has 90 valence electrons. The molecule has 1 heterocycles. The van der Waals surface area contributed by atoms with Crippen LogP contribution in [0.25, 0.3) is 11.0 Å². The van der Waals surface area contributed by atoms with Crippen molar-refractivity contribution in [3.63, 3.8) is 0 Å². The number of hydrogen-bond donors (Lipinski definition) is 2. The van der Waals surface area contributed by atoms with Crippen molar-refractivity contribution in [2.45, 2.75) is 13.5 Å². The number of aromatic nitrogens is 2. The SMILES string of the molecule is Cc1nc2cc(N)ccc2n1CCO.Cl.Cl. The van der Waals surface area contributed by atoms with Crippen LogP contribution in [-0.2, 0) is 6.54 Å². The van der Waals surface area contributed by atoms with Crippen molar-refractivity contribution >= 4 is 41.5 Å². The topological polar surface area (TPSA) is 64.1 Å². The summed E-state index contributed by atoms with van der Waals surface area (Å²) in [6, 6.07) is 5.62. The van der Waals surface area contributed by atoms with Crippen LogP contribution in [0.5, 0.6) is 0 Å². The lowest BCUT2D eigenvalue weighted by Gasteiger charge is -2.03. The summed E-state index contributed by atoms with van der Waals surface area (Å²) < 4.78 is 1.98. The van der Waals surface area contributed by atoms with Crippen LogP contribution in [-0.4, -0.2) is 21.3 Å². The first kappa shape index (κ1) is 15.0. The van der Waals surface area contributed by atoms with Crippen molar-refractivity contribution < 1.29 is 5.11 Å². The van der Waals surface area contributed by atoms with Crippen molar-refractivity contribution in [3.8, 4) is 0 Å². The predicted molar refractivity (Wildman–Crippen MR) is 70.5 cm³/mol. The van der Waals surface area contributed by atoms with Gasteiger partial charge in [-0.3, -0.25) is 0 Å². The number of nitrogens with two attached hydrogens (primary N) is 1. The lowest BCUT2D eigenvalue weighted by atomic mass is 10.3. The van der Waals surface area contributed by atoms with Crippen molar-refractivity contribution in [3.05, 3.63) is 24.0 Å². The number of aliphatic hydroxyl groups is 1. The summed E-state index contributed by atoms with van der Waals surface area (Å²) in [5.41, 5.74) is 8.28. The number of nitrogens with zero attached hydrogens (tertiary/aromatic N) is 2. The molecule has 0 amide bonds. The molecule has 0 atom stereocenters. The fraction of sp³-hybridized carbons (Fsp3) is 0.300. The van der Waals surface area contributed by atoms with Gasteiger partial charge in [0.1, 0.15) is 5.82 Å². The van der Waals surface area contributed by atoms with Gasteiger partial charge in [-0.1, -0.05) is 0 Å². The second-order valence-electron chi connectivity index (χ2n) is 3.28. The predicted octanol–water partition coefficient (Wildman–Crippen LogP) is 1.76. The minimum absolute atomic E-state index is 0. The van der Waals surface area contributed by atoms with Gasteiger partial charge in [-0.05, 0) is 25.1 Å². The highest BCUT2D eigenvalue weighted by Gasteiger charge is 2.06. The molecule has 0 spiro atoms. The van der Waals surface area contributed by atoms with Crippen molar-refractivity contribution in [2.24, 2.45) is 0 Å². The molecular formula is C10H15Cl2N3O. The van der Waals surface area contributed by atoms with Gasteiger partial charge >= 0.3 is 0 Å². The molecule has 6 heteroatoms. The van der Waals surface area contributed by atoms with Crippen molar-refractivity contribution in [1.29, 1.82) is 0 Å². The summed E-state index contributed by atoms with van der Waals surface area (Å²) in [6.45, 7) is 2.62. The van der Waals surface area contributed by atoms with E-state index in [1.807, 2.05) is 29.7 Å². The maximum absolute atomic E-state index is 8.90. The van der Waals surface area contributed by atoms with Gasteiger partial charge in [0.15, 0.2) is 0 Å². The summed E-state index contributed by atoms with van der Waals surface area (Å²) in [4.78, 5) is 4.36. The van der Waals surface area contributed by atoms with Gasteiger partial charge in [0.05, 0.1) is 17.6 Å². The maximum atomic E-state index is 8.90. The summed E-state index contributed by atoms with van der Waals surface area (Å²) in [7, 11) is 0. The molecule has 0 aliphatic rings. The fourth-order valence-corrected chi connectivity index (χ4v) is 1.65. The standard InChI is InChI=1S/C10H13N3O.2ClH/c1-7-12-9-6-8(11)2-3-10(9)13(7)4-5-14;;/h2-3,6,14H,4-5,11H2,1H3;2*1H. The number of anilines is 1. The number of aryl methyl sites for hydroxylation is 1. The average molecular weight is 264 g/mol. The van der Waals surface area contributed by atoms with E-state index in [2.05, 4.69) is 4.98 Å². The third-order valence-electron chi connectivity index (χ3n) is 2.29. The molecule has 0 saturated carbocycles. The smallest absolute Gasteiger partial charge is 0.106 e. The van der Waals surface area contributed by atoms with Gasteiger partial charge in [0.25, 0.3) is 0 Å². The number of imidazole rings is 1. The lowest BCUT2D eigenvalue weighted by molar-refractivity contribution is 0.276. The Balaban J connectivity index is 0.00000112. The van der Waals surface area contributed by atoms with Gasteiger partial charge in [0, 0.05) is 12.2 Å². The van der Waals surface area contributed by atoms with E-state index < -0.39 is 0 Å². The van der Waals surface area contributed by atoms with E-state index in [0.717, 1.165) is 16.9 Å². The minimum atomic E-state index is 0. The number of rotatable bonds is 2. The quantitative estimate of drug-likeness (QED) is 0.812. The van der Waals surface area contributed by atoms with Gasteiger partial charge in [0.2, 0.25) is 0 Å². The number of fused-ring (bicyclic) bond motifs is 1. The molecule has 16 heavy (non-hydrogen) atoms. The van der Waals surface area contributed by atoms with E-state index in [1.54, 1.807) is 0 Å². The van der Waals surface area contributed by atoms with Crippen LogP contribution in [0, 0.1) is 6.92 Å². The molecule has 2 aromatic rings. The zero-order chi connectivity index (χ0) is 10.1. The second kappa shape index (κ2) is 5.94. The Morgan fingerprint density at radius 2 is 2.06 bits per heavy atom. The Hall–Kier alpha value is -0.970. The largest absolute Gasteiger partial charge is 0.399 e. The van der Waals surface area contributed by atoms with Gasteiger partial charge in [-0.2, -0.15) is 0 Å². The van der Waals surface area contributed by atoms with Crippen LogP contribution in [0.2, 0.25) is 0 Å². The lowest BCUT2D eigenvalue weighted by Crippen LogP contribution is -2.03. The Bertz CT molecular complexity index is 470. The summed E-state index contributed by atoms with van der Waals surface area (Å²) in [6.07, 6.45) is 0. The van der Waals surface area contributed by atoms with E-state index >= 15 is 0 Å². The molecule has 0 fully saturated rings. The first-order valence-corrected chi connectivity index (χ1v) is 4.55. The van der Waals surface area contributed by atoms with Crippen molar-refractivity contribution in [2.75, 3.05) is 12.3 Å². The van der Waals surface area contributed by atoms with Crippen LogP contribution in [0.1, 0.15) is 5.82 Å². The molecular weight excluding hydrogens is 249 g/mol. The number of aliphatic hydroxyl groups excluding tert-OH is 1. The number of nitrogen functional groups attached to an aromatic ring is 1. The maximum Gasteiger partial charge on any atom is 0.106 e. The molecule has 2 rings (SSSR count). The van der Waals surface area contributed by atoms with E-state index in [9.17, 15) is 0 Å². The molecule has 0 radical (unpaired) electrons. The number of benzene rings is 1. The molecule has 0 aliphatic heterocycles.